The number of hydrogen-bond acceptors (Lipinski definition) is 6. The van der Waals surface area contributed by atoms with Gasteiger partial charge in [0.25, 0.3) is 15.9 Å². The van der Waals surface area contributed by atoms with E-state index < -0.39 is 10.0 Å². The number of nitrogens with zero attached hydrogens (tertiary/aromatic N) is 2. The number of carbonyl (C=O) groups excluding carboxylic acids is 1. The van der Waals surface area contributed by atoms with Crippen molar-refractivity contribution in [2.45, 2.75) is 18.2 Å². The van der Waals surface area contributed by atoms with Crippen LogP contribution in [0.2, 0.25) is 0 Å². The summed E-state index contributed by atoms with van der Waals surface area (Å²) in [6, 6.07) is 7.19. The van der Waals surface area contributed by atoms with Crippen LogP contribution in [0.15, 0.2) is 39.8 Å². The summed E-state index contributed by atoms with van der Waals surface area (Å²) in [5.74, 6) is 0.377. The third kappa shape index (κ3) is 5.57. The number of carbonyl (C=O) groups is 1. The first-order valence-electron chi connectivity index (χ1n) is 7.77. The molecule has 0 atom stereocenters. The molecule has 0 bridgehead atoms. The summed E-state index contributed by atoms with van der Waals surface area (Å²) in [5.41, 5.74) is 0.404. The number of amides is 1. The van der Waals surface area contributed by atoms with Gasteiger partial charge in [0.15, 0.2) is 5.82 Å². The molecule has 1 amide bonds. The second-order valence-corrected chi connectivity index (χ2v) is 7.55. The van der Waals surface area contributed by atoms with Crippen molar-refractivity contribution in [3.8, 4) is 0 Å². The summed E-state index contributed by atoms with van der Waals surface area (Å²) in [4.78, 5) is 14.1. The van der Waals surface area contributed by atoms with Crippen LogP contribution in [-0.2, 0) is 10.0 Å². The van der Waals surface area contributed by atoms with Gasteiger partial charge in [0.1, 0.15) is 5.76 Å². The fourth-order valence-electron chi connectivity index (χ4n) is 2.10. The number of anilines is 1. The Balaban J connectivity index is 1.97. The first kappa shape index (κ1) is 18.9. The summed E-state index contributed by atoms with van der Waals surface area (Å²) in [6.07, 6.45) is 0.840. The zero-order valence-corrected chi connectivity index (χ0v) is 15.3. The van der Waals surface area contributed by atoms with E-state index in [2.05, 4.69) is 15.2 Å². The van der Waals surface area contributed by atoms with Gasteiger partial charge < -0.3 is 14.7 Å². The number of nitrogens with one attached hydrogen (secondary N) is 2. The molecule has 0 aliphatic rings. The fraction of sp³-hybridized carbons (Fsp3) is 0.375. The van der Waals surface area contributed by atoms with Crippen molar-refractivity contribution in [1.29, 1.82) is 0 Å². The van der Waals surface area contributed by atoms with E-state index in [0.29, 0.717) is 17.9 Å². The van der Waals surface area contributed by atoms with Gasteiger partial charge in [-0.2, -0.15) is 0 Å². The Morgan fingerprint density at radius 1 is 1.24 bits per heavy atom. The zero-order valence-electron chi connectivity index (χ0n) is 14.4. The molecule has 0 saturated carbocycles. The van der Waals surface area contributed by atoms with E-state index in [1.807, 2.05) is 19.0 Å². The van der Waals surface area contributed by atoms with Gasteiger partial charge in [-0.3, -0.25) is 9.52 Å². The average molecular weight is 366 g/mol. The average Bonchev–Trinajstić information content (AvgIpc) is 2.95. The van der Waals surface area contributed by atoms with Crippen LogP contribution in [-0.4, -0.2) is 51.6 Å². The largest absolute Gasteiger partial charge is 0.360 e. The molecule has 2 aromatic rings. The smallest absolute Gasteiger partial charge is 0.263 e. The van der Waals surface area contributed by atoms with Crippen molar-refractivity contribution in [3.63, 3.8) is 0 Å². The van der Waals surface area contributed by atoms with Crippen LogP contribution >= 0.6 is 0 Å². The van der Waals surface area contributed by atoms with E-state index in [1.54, 1.807) is 6.92 Å². The van der Waals surface area contributed by atoms with Crippen molar-refractivity contribution < 1.29 is 17.7 Å². The molecule has 0 aliphatic heterocycles. The van der Waals surface area contributed by atoms with Gasteiger partial charge in [0, 0.05) is 18.2 Å². The summed E-state index contributed by atoms with van der Waals surface area (Å²) < 4.78 is 31.7. The van der Waals surface area contributed by atoms with E-state index in [1.165, 1.54) is 30.3 Å². The molecular formula is C16H22N4O4S. The van der Waals surface area contributed by atoms with Crippen LogP contribution in [0.1, 0.15) is 22.5 Å². The highest BCUT2D eigenvalue weighted by Gasteiger charge is 2.17. The Morgan fingerprint density at radius 3 is 2.48 bits per heavy atom. The SMILES string of the molecule is Cc1cc(NS(=O)(=O)c2ccc(C(=O)NCCCN(C)C)cc2)no1. The minimum Gasteiger partial charge on any atom is -0.360 e. The summed E-state index contributed by atoms with van der Waals surface area (Å²) in [5, 5.41) is 6.40. The molecular weight excluding hydrogens is 344 g/mol. The molecule has 0 spiro atoms. The Hall–Kier alpha value is -2.39. The molecule has 1 heterocycles. The minimum atomic E-state index is -3.78. The highest BCUT2D eigenvalue weighted by Crippen LogP contribution is 2.16. The molecule has 0 unspecified atom stereocenters. The Morgan fingerprint density at radius 2 is 1.92 bits per heavy atom. The van der Waals surface area contributed by atoms with Crippen molar-refractivity contribution in [2.75, 3.05) is 31.9 Å². The Labute approximate surface area is 147 Å². The Bertz CT molecular complexity index is 813. The molecule has 9 heteroatoms. The number of aromatic nitrogens is 1. The normalized spacial score (nSPS) is 11.5. The van der Waals surface area contributed by atoms with Crippen LogP contribution in [0, 0.1) is 6.92 Å². The molecule has 1 aromatic carbocycles. The van der Waals surface area contributed by atoms with Gasteiger partial charge in [-0.1, -0.05) is 5.16 Å². The predicted octanol–water partition coefficient (Wildman–Crippen LogP) is 1.47. The maximum atomic E-state index is 12.3. The molecule has 2 N–H and O–H groups in total. The van der Waals surface area contributed by atoms with Crippen molar-refractivity contribution in [1.82, 2.24) is 15.4 Å². The number of sulfonamides is 1. The van der Waals surface area contributed by atoms with E-state index in [4.69, 9.17) is 4.52 Å². The van der Waals surface area contributed by atoms with E-state index >= 15 is 0 Å². The predicted molar refractivity (Wildman–Crippen MR) is 94.0 cm³/mol. The molecule has 2 rings (SSSR count). The van der Waals surface area contributed by atoms with Crippen LogP contribution in [0.5, 0.6) is 0 Å². The van der Waals surface area contributed by atoms with Gasteiger partial charge in [-0.05, 0) is 58.3 Å². The van der Waals surface area contributed by atoms with Crippen LogP contribution < -0.4 is 10.0 Å². The van der Waals surface area contributed by atoms with E-state index in [-0.39, 0.29) is 16.6 Å². The minimum absolute atomic E-state index is 0.0392. The van der Waals surface area contributed by atoms with Crippen LogP contribution in [0.3, 0.4) is 0 Å². The second kappa shape index (κ2) is 8.13. The lowest BCUT2D eigenvalue weighted by Gasteiger charge is -2.10. The first-order valence-corrected chi connectivity index (χ1v) is 9.25. The van der Waals surface area contributed by atoms with Crippen molar-refractivity contribution >= 4 is 21.7 Å². The highest BCUT2D eigenvalue weighted by atomic mass is 32.2. The summed E-state index contributed by atoms with van der Waals surface area (Å²) in [6.45, 7) is 3.10. The number of hydrogen-bond donors (Lipinski definition) is 2. The maximum absolute atomic E-state index is 12.3. The quantitative estimate of drug-likeness (QED) is 0.686. The third-order valence-electron chi connectivity index (χ3n) is 3.36. The van der Waals surface area contributed by atoms with Gasteiger partial charge in [0.05, 0.1) is 4.90 Å². The van der Waals surface area contributed by atoms with Crippen molar-refractivity contribution in [2.24, 2.45) is 0 Å². The lowest BCUT2D eigenvalue weighted by atomic mass is 10.2. The molecule has 8 nitrogen and oxygen atoms in total. The molecule has 0 fully saturated rings. The van der Waals surface area contributed by atoms with Gasteiger partial charge in [0.2, 0.25) is 0 Å². The lowest BCUT2D eigenvalue weighted by Crippen LogP contribution is -2.27. The monoisotopic (exact) mass is 366 g/mol. The van der Waals surface area contributed by atoms with Crippen LogP contribution in [0.25, 0.3) is 0 Å². The second-order valence-electron chi connectivity index (χ2n) is 5.87. The van der Waals surface area contributed by atoms with Gasteiger partial charge >= 0.3 is 0 Å². The van der Waals surface area contributed by atoms with Gasteiger partial charge in [-0.25, -0.2) is 8.42 Å². The zero-order chi connectivity index (χ0) is 18.4. The molecule has 0 aliphatic carbocycles. The third-order valence-corrected chi connectivity index (χ3v) is 4.73. The van der Waals surface area contributed by atoms with Crippen molar-refractivity contribution in [3.05, 3.63) is 41.7 Å². The maximum Gasteiger partial charge on any atom is 0.263 e. The number of rotatable bonds is 8. The highest BCUT2D eigenvalue weighted by molar-refractivity contribution is 7.92. The van der Waals surface area contributed by atoms with E-state index in [9.17, 15) is 13.2 Å². The summed E-state index contributed by atoms with van der Waals surface area (Å²) >= 11 is 0. The topological polar surface area (TPSA) is 105 Å². The first-order chi connectivity index (χ1) is 11.8. The standard InChI is InChI=1S/C16H22N4O4S/c1-12-11-15(18-24-12)19-25(22,23)14-7-5-13(6-8-14)16(21)17-9-4-10-20(2)3/h5-8,11H,4,9-10H2,1-3H3,(H,17,21)(H,18,19). The van der Waals surface area contributed by atoms with E-state index in [0.717, 1.165) is 13.0 Å². The Kier molecular flexibility index (Phi) is 6.16. The lowest BCUT2D eigenvalue weighted by molar-refractivity contribution is 0.0952. The number of aryl methyl sites for hydroxylation is 1. The molecule has 1 aromatic heterocycles. The summed E-state index contributed by atoms with van der Waals surface area (Å²) in [7, 11) is 0.153. The molecule has 0 radical (unpaired) electrons. The number of benzene rings is 1. The molecule has 136 valence electrons. The molecule has 25 heavy (non-hydrogen) atoms. The van der Waals surface area contributed by atoms with Crippen LogP contribution in [0.4, 0.5) is 5.82 Å². The van der Waals surface area contributed by atoms with Gasteiger partial charge in [-0.15, -0.1) is 0 Å². The fourth-order valence-corrected chi connectivity index (χ4v) is 3.08. The molecule has 0 saturated heterocycles.